The van der Waals surface area contributed by atoms with Gasteiger partial charge in [0.1, 0.15) is 17.2 Å². The second kappa shape index (κ2) is 6.61. The lowest BCUT2D eigenvalue weighted by atomic mass is 10.1. The number of aryl methyl sites for hydroxylation is 1. The number of hydrogen-bond donors (Lipinski definition) is 1. The predicted molar refractivity (Wildman–Crippen MR) is 77.0 cm³/mol. The number of rotatable bonds is 6. The second-order valence-corrected chi connectivity index (χ2v) is 4.39. The number of nitrogens with two attached hydrogens (primary N) is 1. The monoisotopic (exact) mass is 271 g/mol. The van der Waals surface area contributed by atoms with E-state index >= 15 is 0 Å². The van der Waals surface area contributed by atoms with Crippen LogP contribution in [0.1, 0.15) is 12.0 Å². The van der Waals surface area contributed by atoms with Crippen molar-refractivity contribution in [2.75, 3.05) is 7.11 Å². The molecule has 0 aliphatic carbocycles. The molecule has 0 unspecified atom stereocenters. The van der Waals surface area contributed by atoms with Crippen LogP contribution in [-0.4, -0.2) is 13.0 Å². The SMILES string of the molecule is COc1ccc(Oc2ccc(CCC(N)=O)cc2)cc1. The van der Waals surface area contributed by atoms with Gasteiger partial charge in [-0.05, 0) is 48.4 Å². The van der Waals surface area contributed by atoms with Crippen molar-refractivity contribution in [2.24, 2.45) is 5.73 Å². The van der Waals surface area contributed by atoms with Crippen molar-refractivity contribution < 1.29 is 14.3 Å². The molecule has 0 spiro atoms. The first-order valence-corrected chi connectivity index (χ1v) is 6.36. The van der Waals surface area contributed by atoms with Crippen molar-refractivity contribution in [1.29, 1.82) is 0 Å². The quantitative estimate of drug-likeness (QED) is 0.878. The smallest absolute Gasteiger partial charge is 0.217 e. The molecule has 2 aromatic rings. The van der Waals surface area contributed by atoms with Gasteiger partial charge in [-0.1, -0.05) is 12.1 Å². The van der Waals surface area contributed by atoms with Crippen LogP contribution >= 0.6 is 0 Å². The third kappa shape index (κ3) is 4.02. The zero-order chi connectivity index (χ0) is 14.4. The molecule has 0 fully saturated rings. The van der Waals surface area contributed by atoms with E-state index in [9.17, 15) is 4.79 Å². The van der Waals surface area contributed by atoms with Crippen LogP contribution in [-0.2, 0) is 11.2 Å². The lowest BCUT2D eigenvalue weighted by molar-refractivity contribution is -0.117. The number of carbonyl (C=O) groups is 1. The lowest BCUT2D eigenvalue weighted by Gasteiger charge is -2.07. The van der Waals surface area contributed by atoms with E-state index in [2.05, 4.69) is 0 Å². The zero-order valence-corrected chi connectivity index (χ0v) is 11.3. The Morgan fingerprint density at radius 1 is 0.950 bits per heavy atom. The van der Waals surface area contributed by atoms with Gasteiger partial charge in [0.25, 0.3) is 0 Å². The van der Waals surface area contributed by atoms with Gasteiger partial charge < -0.3 is 15.2 Å². The number of ether oxygens (including phenoxy) is 2. The standard InChI is InChI=1S/C16H17NO3/c1-19-13-7-9-15(10-8-13)20-14-5-2-12(3-6-14)4-11-16(17)18/h2-3,5-10H,4,11H2,1H3,(H2,17,18). The summed E-state index contributed by atoms with van der Waals surface area (Å²) >= 11 is 0. The fourth-order valence-corrected chi connectivity index (χ4v) is 1.77. The molecule has 0 bridgehead atoms. The Bertz CT molecular complexity index is 561. The minimum atomic E-state index is -0.288. The summed E-state index contributed by atoms with van der Waals surface area (Å²) in [6.45, 7) is 0. The van der Waals surface area contributed by atoms with Gasteiger partial charge in [-0.2, -0.15) is 0 Å². The zero-order valence-electron chi connectivity index (χ0n) is 11.3. The van der Waals surface area contributed by atoms with Gasteiger partial charge in [-0.25, -0.2) is 0 Å². The van der Waals surface area contributed by atoms with Crippen molar-refractivity contribution in [1.82, 2.24) is 0 Å². The first-order valence-electron chi connectivity index (χ1n) is 6.36. The van der Waals surface area contributed by atoms with Gasteiger partial charge in [0.05, 0.1) is 7.11 Å². The molecule has 2 aromatic carbocycles. The number of methoxy groups -OCH3 is 1. The Balaban J connectivity index is 1.97. The molecule has 104 valence electrons. The summed E-state index contributed by atoms with van der Waals surface area (Å²) in [5.74, 6) is 2.00. The minimum absolute atomic E-state index is 0.288. The van der Waals surface area contributed by atoms with Crippen molar-refractivity contribution >= 4 is 5.91 Å². The normalized spacial score (nSPS) is 10.1. The highest BCUT2D eigenvalue weighted by molar-refractivity contribution is 5.74. The van der Waals surface area contributed by atoms with Gasteiger partial charge in [0.15, 0.2) is 0 Å². The summed E-state index contributed by atoms with van der Waals surface area (Å²) in [6.07, 6.45) is 1.01. The summed E-state index contributed by atoms with van der Waals surface area (Å²) in [4.78, 5) is 10.7. The maximum Gasteiger partial charge on any atom is 0.217 e. The molecule has 0 radical (unpaired) electrons. The van der Waals surface area contributed by atoms with Crippen LogP contribution in [0.15, 0.2) is 48.5 Å². The van der Waals surface area contributed by atoms with Crippen molar-refractivity contribution in [3.8, 4) is 17.2 Å². The van der Waals surface area contributed by atoms with Gasteiger partial charge >= 0.3 is 0 Å². The number of hydrogen-bond acceptors (Lipinski definition) is 3. The molecule has 0 heterocycles. The molecule has 2 N–H and O–H groups in total. The average molecular weight is 271 g/mol. The van der Waals surface area contributed by atoms with Crippen LogP contribution < -0.4 is 15.2 Å². The van der Waals surface area contributed by atoms with Crippen LogP contribution in [0.25, 0.3) is 0 Å². The second-order valence-electron chi connectivity index (χ2n) is 4.39. The van der Waals surface area contributed by atoms with Crippen LogP contribution in [0, 0.1) is 0 Å². The number of amides is 1. The molecule has 0 aliphatic rings. The van der Waals surface area contributed by atoms with Gasteiger partial charge in [0, 0.05) is 6.42 Å². The molecule has 4 nitrogen and oxygen atoms in total. The van der Waals surface area contributed by atoms with Crippen molar-refractivity contribution in [3.05, 3.63) is 54.1 Å². The van der Waals surface area contributed by atoms with Gasteiger partial charge in [-0.15, -0.1) is 0 Å². The summed E-state index contributed by atoms with van der Waals surface area (Å²) in [5, 5.41) is 0. The molecule has 0 aliphatic heterocycles. The first-order chi connectivity index (χ1) is 9.67. The summed E-state index contributed by atoms with van der Waals surface area (Å²) in [6, 6.07) is 15.0. The van der Waals surface area contributed by atoms with Crippen molar-refractivity contribution in [3.63, 3.8) is 0 Å². The molecule has 4 heteroatoms. The van der Waals surface area contributed by atoms with Crippen molar-refractivity contribution in [2.45, 2.75) is 12.8 Å². The fourth-order valence-electron chi connectivity index (χ4n) is 1.77. The van der Waals surface area contributed by atoms with E-state index in [4.69, 9.17) is 15.2 Å². The summed E-state index contributed by atoms with van der Waals surface area (Å²) in [7, 11) is 1.63. The van der Waals surface area contributed by atoms with E-state index in [1.54, 1.807) is 7.11 Å². The average Bonchev–Trinajstić information content (AvgIpc) is 2.47. The maximum atomic E-state index is 10.7. The van der Waals surface area contributed by atoms with E-state index in [1.165, 1.54) is 0 Å². The largest absolute Gasteiger partial charge is 0.497 e. The highest BCUT2D eigenvalue weighted by Crippen LogP contribution is 2.24. The van der Waals surface area contributed by atoms with E-state index in [0.29, 0.717) is 12.8 Å². The molecular weight excluding hydrogens is 254 g/mol. The molecule has 1 amide bonds. The van der Waals surface area contributed by atoms with E-state index in [0.717, 1.165) is 22.8 Å². The summed E-state index contributed by atoms with van der Waals surface area (Å²) in [5.41, 5.74) is 6.18. The van der Waals surface area contributed by atoms with E-state index in [1.807, 2.05) is 48.5 Å². The lowest BCUT2D eigenvalue weighted by Crippen LogP contribution is -2.11. The molecular formula is C16H17NO3. The molecule has 0 aromatic heterocycles. The Kier molecular flexibility index (Phi) is 4.60. The Labute approximate surface area is 118 Å². The van der Waals surface area contributed by atoms with E-state index in [-0.39, 0.29) is 5.91 Å². The van der Waals surface area contributed by atoms with Crippen LogP contribution in [0.4, 0.5) is 0 Å². The van der Waals surface area contributed by atoms with Crippen LogP contribution in [0.2, 0.25) is 0 Å². The van der Waals surface area contributed by atoms with Gasteiger partial charge in [0.2, 0.25) is 5.91 Å². The molecule has 0 saturated carbocycles. The highest BCUT2D eigenvalue weighted by atomic mass is 16.5. The van der Waals surface area contributed by atoms with Crippen LogP contribution in [0.5, 0.6) is 17.2 Å². The Hall–Kier alpha value is -2.49. The fraction of sp³-hybridized carbons (Fsp3) is 0.188. The Morgan fingerprint density at radius 2 is 1.45 bits per heavy atom. The van der Waals surface area contributed by atoms with Crippen LogP contribution in [0.3, 0.4) is 0 Å². The number of carbonyl (C=O) groups excluding carboxylic acids is 1. The highest BCUT2D eigenvalue weighted by Gasteiger charge is 2.00. The minimum Gasteiger partial charge on any atom is -0.497 e. The summed E-state index contributed by atoms with van der Waals surface area (Å²) < 4.78 is 10.8. The topological polar surface area (TPSA) is 61.6 Å². The molecule has 20 heavy (non-hydrogen) atoms. The number of benzene rings is 2. The predicted octanol–water partition coefficient (Wildman–Crippen LogP) is 2.91. The third-order valence-electron chi connectivity index (χ3n) is 2.88. The van der Waals surface area contributed by atoms with E-state index < -0.39 is 0 Å². The molecule has 2 rings (SSSR count). The maximum absolute atomic E-state index is 10.7. The Morgan fingerprint density at radius 3 is 1.95 bits per heavy atom. The number of primary amides is 1. The van der Waals surface area contributed by atoms with Gasteiger partial charge in [-0.3, -0.25) is 4.79 Å². The first kappa shape index (κ1) is 13.9. The molecule has 0 atom stereocenters. The molecule has 0 saturated heterocycles. The third-order valence-corrected chi connectivity index (χ3v) is 2.88.